The van der Waals surface area contributed by atoms with Crippen molar-refractivity contribution in [2.75, 3.05) is 20.3 Å². The highest BCUT2D eigenvalue weighted by atomic mass is 16.6. The number of esters is 3. The predicted molar refractivity (Wildman–Crippen MR) is 125 cm³/mol. The van der Waals surface area contributed by atoms with E-state index in [-0.39, 0.29) is 18.9 Å². The van der Waals surface area contributed by atoms with Gasteiger partial charge < -0.3 is 28.8 Å². The third kappa shape index (κ3) is 4.51. The summed E-state index contributed by atoms with van der Waals surface area (Å²) in [5, 5.41) is 12.3. The van der Waals surface area contributed by atoms with Crippen molar-refractivity contribution in [2.24, 2.45) is 28.6 Å². The van der Waals surface area contributed by atoms with E-state index in [1.54, 1.807) is 27.7 Å². The average Bonchev–Trinajstić information content (AvgIpc) is 3.24. The molecule has 204 valence electrons. The van der Waals surface area contributed by atoms with Crippen molar-refractivity contribution in [1.29, 1.82) is 0 Å². The Kier molecular flexibility index (Phi) is 8.40. The highest BCUT2D eigenvalue weighted by Crippen LogP contribution is 2.67. The highest BCUT2D eigenvalue weighted by molar-refractivity contribution is 5.78. The van der Waals surface area contributed by atoms with Crippen molar-refractivity contribution in [2.45, 2.75) is 90.6 Å². The Balaban J connectivity index is 2.19. The number of fused-ring (bicyclic) bond motifs is 1. The first-order valence-corrected chi connectivity index (χ1v) is 12.8. The van der Waals surface area contributed by atoms with E-state index < -0.39 is 71.1 Å². The van der Waals surface area contributed by atoms with Gasteiger partial charge in [-0.2, -0.15) is 0 Å². The predicted octanol–water partition coefficient (Wildman–Crippen LogP) is 2.18. The summed E-state index contributed by atoms with van der Waals surface area (Å²) in [4.78, 5) is 49.6. The Morgan fingerprint density at radius 2 is 1.92 bits per heavy atom. The largest absolute Gasteiger partial charge is 0.467 e. The molecule has 2 aliphatic heterocycles. The van der Waals surface area contributed by atoms with E-state index >= 15 is 0 Å². The second kappa shape index (κ2) is 10.7. The highest BCUT2D eigenvalue weighted by Gasteiger charge is 2.76. The molecule has 3 aliphatic rings. The van der Waals surface area contributed by atoms with Gasteiger partial charge in [0.05, 0.1) is 25.2 Å². The number of unbranched alkanes of at least 4 members (excludes halogenated alkanes) is 1. The van der Waals surface area contributed by atoms with Crippen LogP contribution in [0.15, 0.2) is 0 Å². The second-order valence-corrected chi connectivity index (χ2v) is 11.2. The second-order valence-electron chi connectivity index (χ2n) is 11.2. The molecule has 10 nitrogen and oxygen atoms in total. The van der Waals surface area contributed by atoms with Gasteiger partial charge in [0.1, 0.15) is 18.8 Å². The standard InChI is InChI=1S/C26H40O10/c1-7-8-9-16-10-18(35-14-27)26(11-17-20(25(26,5)31)15(2)22(29)36-17)24(3,4)21(23(30)34-12-16)33-13-19(28)32-6/h14-18,20-21,31H,7-13H2,1-6H3/t15?,16-,17?,18?,20?,21?,25?,26?/m1/s1. The quantitative estimate of drug-likeness (QED) is 0.293. The Morgan fingerprint density at radius 1 is 1.22 bits per heavy atom. The van der Waals surface area contributed by atoms with E-state index in [2.05, 4.69) is 6.92 Å². The molecule has 0 aromatic heterocycles. The zero-order valence-corrected chi connectivity index (χ0v) is 22.1. The van der Waals surface area contributed by atoms with Gasteiger partial charge in [0, 0.05) is 16.7 Å². The van der Waals surface area contributed by atoms with Gasteiger partial charge in [0.2, 0.25) is 0 Å². The maximum Gasteiger partial charge on any atom is 0.335 e. The molecule has 8 atom stereocenters. The lowest BCUT2D eigenvalue weighted by molar-refractivity contribution is -0.232. The van der Waals surface area contributed by atoms with Gasteiger partial charge >= 0.3 is 17.9 Å². The number of rotatable bonds is 8. The first-order valence-electron chi connectivity index (χ1n) is 12.8. The van der Waals surface area contributed by atoms with E-state index in [1.807, 2.05) is 0 Å². The fourth-order valence-corrected chi connectivity index (χ4v) is 7.22. The summed E-state index contributed by atoms with van der Waals surface area (Å²) in [5.41, 5.74) is -4.11. The van der Waals surface area contributed by atoms with Crippen LogP contribution in [0.5, 0.6) is 0 Å². The topological polar surface area (TPSA) is 135 Å². The van der Waals surface area contributed by atoms with Gasteiger partial charge in [-0.3, -0.25) is 9.59 Å². The number of hydrogen-bond acceptors (Lipinski definition) is 10. The van der Waals surface area contributed by atoms with Crippen molar-refractivity contribution in [3.8, 4) is 0 Å². The molecule has 1 aliphatic carbocycles. The zero-order chi connectivity index (χ0) is 26.9. The molecule has 0 radical (unpaired) electrons. The van der Waals surface area contributed by atoms with Gasteiger partial charge in [-0.05, 0) is 32.1 Å². The van der Waals surface area contributed by atoms with Gasteiger partial charge in [0.15, 0.2) is 6.10 Å². The first-order chi connectivity index (χ1) is 16.9. The van der Waals surface area contributed by atoms with Gasteiger partial charge in [-0.25, -0.2) is 9.59 Å². The summed E-state index contributed by atoms with van der Waals surface area (Å²) < 4.78 is 27.7. The number of aliphatic hydroxyl groups is 1. The molecular formula is C26H40O10. The lowest BCUT2D eigenvalue weighted by Gasteiger charge is -2.57. The van der Waals surface area contributed by atoms with E-state index in [4.69, 9.17) is 23.7 Å². The molecular weight excluding hydrogens is 472 g/mol. The minimum atomic E-state index is -1.60. The molecule has 36 heavy (non-hydrogen) atoms. The van der Waals surface area contributed by atoms with Crippen LogP contribution in [0.1, 0.15) is 66.7 Å². The molecule has 3 fully saturated rings. The van der Waals surface area contributed by atoms with Crippen molar-refractivity contribution >= 4 is 24.4 Å². The Hall–Kier alpha value is -2.20. The van der Waals surface area contributed by atoms with Crippen LogP contribution in [-0.2, 0) is 42.9 Å². The van der Waals surface area contributed by atoms with Crippen molar-refractivity contribution < 1.29 is 48.0 Å². The smallest absolute Gasteiger partial charge is 0.335 e. The number of carbonyl (C=O) groups excluding carboxylic acids is 4. The molecule has 0 bridgehead atoms. The molecule has 1 N–H and O–H groups in total. The lowest BCUT2D eigenvalue weighted by atomic mass is 9.51. The average molecular weight is 513 g/mol. The molecule has 2 heterocycles. The Morgan fingerprint density at radius 3 is 2.50 bits per heavy atom. The molecule has 2 saturated heterocycles. The summed E-state index contributed by atoms with van der Waals surface area (Å²) in [5.74, 6) is -3.06. The maximum atomic E-state index is 13.5. The summed E-state index contributed by atoms with van der Waals surface area (Å²) in [6.45, 7) is 8.82. The van der Waals surface area contributed by atoms with Crippen LogP contribution in [0.2, 0.25) is 0 Å². The molecule has 0 aromatic carbocycles. The minimum absolute atomic E-state index is 0.0855. The minimum Gasteiger partial charge on any atom is -0.467 e. The zero-order valence-electron chi connectivity index (χ0n) is 22.1. The number of cyclic esters (lactones) is 1. The monoisotopic (exact) mass is 512 g/mol. The van der Waals surface area contributed by atoms with Crippen LogP contribution in [0.4, 0.5) is 0 Å². The molecule has 7 unspecified atom stereocenters. The maximum absolute atomic E-state index is 13.5. The van der Waals surface area contributed by atoms with Crippen molar-refractivity contribution in [3.05, 3.63) is 0 Å². The normalized spacial score (nSPS) is 39.9. The van der Waals surface area contributed by atoms with Crippen molar-refractivity contribution in [1.82, 2.24) is 0 Å². The van der Waals surface area contributed by atoms with E-state index in [0.29, 0.717) is 12.9 Å². The fraction of sp³-hybridized carbons (Fsp3) is 0.846. The van der Waals surface area contributed by atoms with E-state index in [0.717, 1.165) is 19.3 Å². The Labute approximate surface area is 212 Å². The van der Waals surface area contributed by atoms with Gasteiger partial charge in [-0.15, -0.1) is 0 Å². The third-order valence-corrected chi connectivity index (χ3v) is 9.01. The van der Waals surface area contributed by atoms with Crippen LogP contribution in [0.3, 0.4) is 0 Å². The molecule has 1 spiro atoms. The van der Waals surface area contributed by atoms with Crippen molar-refractivity contribution in [3.63, 3.8) is 0 Å². The van der Waals surface area contributed by atoms with E-state index in [1.165, 1.54) is 7.11 Å². The molecule has 1 saturated carbocycles. The first kappa shape index (κ1) is 28.4. The number of ether oxygens (including phenoxy) is 5. The molecule has 3 rings (SSSR count). The van der Waals surface area contributed by atoms with Crippen LogP contribution < -0.4 is 0 Å². The summed E-state index contributed by atoms with van der Waals surface area (Å²) in [6, 6.07) is 0. The van der Waals surface area contributed by atoms with Crippen LogP contribution in [0.25, 0.3) is 0 Å². The van der Waals surface area contributed by atoms with Crippen LogP contribution in [0, 0.1) is 28.6 Å². The van der Waals surface area contributed by atoms with Crippen LogP contribution in [-0.4, -0.2) is 73.7 Å². The SMILES string of the molecule is CCCC[C@H]1COC(=O)C(OCC(=O)OC)C(C)(C)C2(CC3OC(=O)C(C)C3C2(C)O)C(OC=O)C1. The fourth-order valence-electron chi connectivity index (χ4n) is 7.22. The molecule has 10 heteroatoms. The molecule has 0 amide bonds. The summed E-state index contributed by atoms with van der Waals surface area (Å²) >= 11 is 0. The lowest BCUT2D eigenvalue weighted by Crippen LogP contribution is -2.65. The van der Waals surface area contributed by atoms with E-state index in [9.17, 15) is 24.3 Å². The summed E-state index contributed by atoms with van der Waals surface area (Å²) in [7, 11) is 1.21. The van der Waals surface area contributed by atoms with Gasteiger partial charge in [-0.1, -0.05) is 40.5 Å². The number of hydrogen-bond donors (Lipinski definition) is 1. The molecule has 0 aromatic rings. The Bertz CT molecular complexity index is 852. The number of methoxy groups -OCH3 is 1. The van der Waals surface area contributed by atoms with Crippen LogP contribution >= 0.6 is 0 Å². The third-order valence-electron chi connectivity index (χ3n) is 9.01. The number of carbonyl (C=O) groups is 4. The summed E-state index contributed by atoms with van der Waals surface area (Å²) in [6.07, 6.45) is 0.271. The van der Waals surface area contributed by atoms with Gasteiger partial charge in [0.25, 0.3) is 6.47 Å².